The maximum Gasteiger partial charge on any atom is 0.266 e. The van der Waals surface area contributed by atoms with E-state index in [1.165, 1.54) is 0 Å². The molecule has 5 heteroatoms. The highest BCUT2D eigenvalue weighted by Gasteiger charge is 2.12. The molecular weight excluding hydrogens is 392 g/mol. The minimum atomic E-state index is -0.443. The van der Waals surface area contributed by atoms with Crippen LogP contribution in [0, 0.1) is 18.3 Å². The first-order valence-electron chi connectivity index (χ1n) is 8.46. The van der Waals surface area contributed by atoms with Crippen LogP contribution in [0.25, 0.3) is 6.08 Å². The quantitative estimate of drug-likeness (QED) is 0.371. The third-order valence-corrected chi connectivity index (χ3v) is 4.28. The number of para-hydroxylation sites is 1. The van der Waals surface area contributed by atoms with E-state index in [0.29, 0.717) is 23.6 Å². The van der Waals surface area contributed by atoms with E-state index in [2.05, 4.69) is 28.2 Å². The molecule has 2 aromatic rings. The molecule has 2 rings (SSSR count). The molecule has 4 nitrogen and oxygen atoms in total. The minimum absolute atomic E-state index is 0.0201. The average Bonchev–Trinajstić information content (AvgIpc) is 2.63. The predicted molar refractivity (Wildman–Crippen MR) is 108 cm³/mol. The number of rotatable bonds is 7. The van der Waals surface area contributed by atoms with E-state index in [9.17, 15) is 10.1 Å². The van der Waals surface area contributed by atoms with E-state index in [1.807, 2.05) is 49.4 Å². The Hall–Kier alpha value is -2.58. The lowest BCUT2D eigenvalue weighted by atomic mass is 10.1. The Kier molecular flexibility index (Phi) is 7.43. The second-order valence-corrected chi connectivity index (χ2v) is 6.74. The van der Waals surface area contributed by atoms with Crippen molar-refractivity contribution in [2.45, 2.75) is 26.7 Å². The molecule has 0 unspecified atom stereocenters. The molecule has 1 amide bonds. The molecule has 0 saturated heterocycles. The summed E-state index contributed by atoms with van der Waals surface area (Å²) in [4.78, 5) is 12.5. The molecule has 0 atom stereocenters. The number of unbranched alkanes of at least 4 members (excludes halogenated alkanes) is 1. The van der Waals surface area contributed by atoms with Gasteiger partial charge in [-0.3, -0.25) is 4.79 Å². The van der Waals surface area contributed by atoms with Crippen molar-refractivity contribution in [3.63, 3.8) is 0 Å². The Balaban J connectivity index is 2.27. The lowest BCUT2D eigenvalue weighted by Gasteiger charge is -2.10. The lowest BCUT2D eigenvalue weighted by molar-refractivity contribution is -0.112. The van der Waals surface area contributed by atoms with Crippen LogP contribution in [0.3, 0.4) is 0 Å². The molecule has 0 aliphatic rings. The molecule has 0 radical (unpaired) electrons. The number of nitrogens with one attached hydrogen (secondary N) is 1. The third kappa shape index (κ3) is 5.47. The highest BCUT2D eigenvalue weighted by Crippen LogP contribution is 2.26. The van der Waals surface area contributed by atoms with E-state index < -0.39 is 5.91 Å². The van der Waals surface area contributed by atoms with Crippen molar-refractivity contribution in [1.82, 2.24) is 0 Å². The van der Waals surface area contributed by atoms with Crippen molar-refractivity contribution < 1.29 is 9.53 Å². The van der Waals surface area contributed by atoms with Crippen LogP contribution < -0.4 is 10.1 Å². The zero-order valence-electron chi connectivity index (χ0n) is 14.9. The Morgan fingerprint density at radius 1 is 1.31 bits per heavy atom. The molecule has 0 saturated carbocycles. The van der Waals surface area contributed by atoms with Gasteiger partial charge >= 0.3 is 0 Å². The Morgan fingerprint density at radius 3 is 2.77 bits per heavy atom. The lowest BCUT2D eigenvalue weighted by Crippen LogP contribution is -2.14. The summed E-state index contributed by atoms with van der Waals surface area (Å²) in [5.74, 6) is 0.208. The number of anilines is 1. The monoisotopic (exact) mass is 412 g/mol. The largest absolute Gasteiger partial charge is 0.493 e. The van der Waals surface area contributed by atoms with Gasteiger partial charge in [-0.25, -0.2) is 0 Å². The highest BCUT2D eigenvalue weighted by atomic mass is 79.9. The van der Waals surface area contributed by atoms with Crippen LogP contribution in [0.1, 0.15) is 30.9 Å². The molecule has 0 heterocycles. The predicted octanol–water partition coefficient (Wildman–Crippen LogP) is 5.48. The van der Waals surface area contributed by atoms with Crippen LogP contribution in [0.4, 0.5) is 5.69 Å². The topological polar surface area (TPSA) is 62.1 Å². The fourth-order valence-corrected chi connectivity index (χ4v) is 2.68. The minimum Gasteiger partial charge on any atom is -0.493 e. The van der Waals surface area contributed by atoms with Crippen LogP contribution in [-0.2, 0) is 4.79 Å². The summed E-state index contributed by atoms with van der Waals surface area (Å²) in [5, 5.41) is 12.2. The SMILES string of the molecule is CCCCOc1ccc(Br)cc1/C=C(/C#N)C(=O)Nc1ccccc1C. The Labute approximate surface area is 162 Å². The van der Waals surface area contributed by atoms with Gasteiger partial charge in [0.15, 0.2) is 0 Å². The molecule has 0 bridgehead atoms. The summed E-state index contributed by atoms with van der Waals surface area (Å²) in [7, 11) is 0. The van der Waals surface area contributed by atoms with Gasteiger partial charge < -0.3 is 10.1 Å². The number of carbonyl (C=O) groups excluding carboxylic acids is 1. The summed E-state index contributed by atoms with van der Waals surface area (Å²) >= 11 is 3.42. The fraction of sp³-hybridized carbons (Fsp3) is 0.238. The maximum absolute atomic E-state index is 12.5. The molecule has 0 aliphatic heterocycles. The maximum atomic E-state index is 12.5. The number of nitrogens with zero attached hydrogens (tertiary/aromatic N) is 1. The van der Waals surface area contributed by atoms with E-state index >= 15 is 0 Å². The van der Waals surface area contributed by atoms with Crippen LogP contribution >= 0.6 is 15.9 Å². The normalized spacial score (nSPS) is 10.9. The standard InChI is InChI=1S/C21H21BrN2O2/c1-3-4-11-26-20-10-9-18(22)13-16(20)12-17(14-23)21(25)24-19-8-6-5-7-15(19)2/h5-10,12-13H,3-4,11H2,1-2H3,(H,24,25)/b17-12-. The molecular formula is C21H21BrN2O2. The zero-order valence-corrected chi connectivity index (χ0v) is 16.5. The van der Waals surface area contributed by atoms with Gasteiger partial charge in [-0.05, 0) is 49.2 Å². The Morgan fingerprint density at radius 2 is 2.08 bits per heavy atom. The number of carbonyl (C=O) groups is 1. The molecule has 0 fully saturated rings. The van der Waals surface area contributed by atoms with Crippen molar-refractivity contribution in [3.05, 3.63) is 63.6 Å². The van der Waals surface area contributed by atoms with Gasteiger partial charge in [0, 0.05) is 15.7 Å². The first-order chi connectivity index (χ1) is 12.5. The first-order valence-corrected chi connectivity index (χ1v) is 9.25. The van der Waals surface area contributed by atoms with Gasteiger partial charge in [-0.1, -0.05) is 47.5 Å². The number of nitriles is 1. The van der Waals surface area contributed by atoms with Gasteiger partial charge in [0.1, 0.15) is 17.4 Å². The number of hydrogen-bond donors (Lipinski definition) is 1. The number of amides is 1. The summed E-state index contributed by atoms with van der Waals surface area (Å²) in [6.45, 7) is 4.59. The highest BCUT2D eigenvalue weighted by molar-refractivity contribution is 9.10. The van der Waals surface area contributed by atoms with E-state index in [4.69, 9.17) is 4.74 Å². The molecule has 1 N–H and O–H groups in total. The van der Waals surface area contributed by atoms with E-state index in [0.717, 1.165) is 22.9 Å². The van der Waals surface area contributed by atoms with Crippen molar-refractivity contribution in [2.75, 3.05) is 11.9 Å². The van der Waals surface area contributed by atoms with Crippen LogP contribution in [-0.4, -0.2) is 12.5 Å². The number of halogens is 1. The summed E-state index contributed by atoms with van der Waals surface area (Å²) in [6.07, 6.45) is 3.53. The summed E-state index contributed by atoms with van der Waals surface area (Å²) in [5.41, 5.74) is 2.33. The molecule has 0 aromatic heterocycles. The van der Waals surface area contributed by atoms with Gasteiger partial charge in [0.25, 0.3) is 5.91 Å². The second kappa shape index (κ2) is 9.79. The van der Waals surface area contributed by atoms with Gasteiger partial charge in [-0.2, -0.15) is 5.26 Å². The second-order valence-electron chi connectivity index (χ2n) is 5.82. The van der Waals surface area contributed by atoms with Gasteiger partial charge in [-0.15, -0.1) is 0 Å². The number of benzene rings is 2. The molecule has 0 aliphatic carbocycles. The molecule has 2 aromatic carbocycles. The van der Waals surface area contributed by atoms with Crippen molar-refractivity contribution >= 4 is 33.6 Å². The number of ether oxygens (including phenoxy) is 1. The smallest absolute Gasteiger partial charge is 0.266 e. The summed E-state index contributed by atoms with van der Waals surface area (Å²) in [6, 6.07) is 15.0. The Bertz CT molecular complexity index is 853. The fourth-order valence-electron chi connectivity index (χ4n) is 2.30. The van der Waals surface area contributed by atoms with Crippen molar-refractivity contribution in [3.8, 4) is 11.8 Å². The van der Waals surface area contributed by atoms with Gasteiger partial charge in [0.05, 0.1) is 6.61 Å². The number of hydrogen-bond acceptors (Lipinski definition) is 3. The van der Waals surface area contributed by atoms with Crippen LogP contribution in [0.2, 0.25) is 0 Å². The van der Waals surface area contributed by atoms with Crippen LogP contribution in [0.15, 0.2) is 52.5 Å². The van der Waals surface area contributed by atoms with Crippen molar-refractivity contribution in [1.29, 1.82) is 5.26 Å². The number of aryl methyl sites for hydroxylation is 1. The van der Waals surface area contributed by atoms with Crippen LogP contribution in [0.5, 0.6) is 5.75 Å². The van der Waals surface area contributed by atoms with E-state index in [1.54, 1.807) is 12.1 Å². The molecule has 26 heavy (non-hydrogen) atoms. The van der Waals surface area contributed by atoms with Crippen molar-refractivity contribution in [2.24, 2.45) is 0 Å². The zero-order chi connectivity index (χ0) is 18.9. The summed E-state index contributed by atoms with van der Waals surface area (Å²) < 4.78 is 6.64. The van der Waals surface area contributed by atoms with E-state index in [-0.39, 0.29) is 5.57 Å². The average molecular weight is 413 g/mol. The molecule has 0 spiro atoms. The third-order valence-electron chi connectivity index (χ3n) is 3.79. The molecule has 134 valence electrons. The first kappa shape index (κ1) is 19.7. The van der Waals surface area contributed by atoms with Gasteiger partial charge in [0.2, 0.25) is 0 Å².